The minimum absolute atomic E-state index is 0.0791. The van der Waals surface area contributed by atoms with E-state index in [0.717, 1.165) is 49.4 Å². The average molecular weight is 308 g/mol. The maximum absolute atomic E-state index is 12.2. The maximum atomic E-state index is 12.2. The number of likely N-dealkylation sites (tertiary alicyclic amines) is 1. The number of hydrogen-bond acceptors (Lipinski definition) is 4. The Morgan fingerprint density at radius 2 is 2.09 bits per heavy atom. The van der Waals surface area contributed by atoms with Gasteiger partial charge in [-0.2, -0.15) is 0 Å². The minimum Gasteiger partial charge on any atom is -0.497 e. The van der Waals surface area contributed by atoms with Crippen molar-refractivity contribution in [3.63, 3.8) is 0 Å². The first kappa shape index (κ1) is 16.6. The van der Waals surface area contributed by atoms with Crippen LogP contribution in [0, 0.1) is 0 Å². The molecule has 0 spiro atoms. The predicted molar refractivity (Wildman–Crippen MR) is 83.4 cm³/mol. The minimum atomic E-state index is -0.0842. The van der Waals surface area contributed by atoms with Crippen molar-refractivity contribution in [2.24, 2.45) is 0 Å². The van der Waals surface area contributed by atoms with Crippen LogP contribution in [0.3, 0.4) is 0 Å². The van der Waals surface area contributed by atoms with Gasteiger partial charge in [-0.05, 0) is 38.0 Å². The molecule has 0 radical (unpaired) electrons. The van der Waals surface area contributed by atoms with Gasteiger partial charge in [-0.1, -0.05) is 0 Å². The van der Waals surface area contributed by atoms with Crippen molar-refractivity contribution in [3.05, 3.63) is 23.8 Å². The molecule has 122 valence electrons. The van der Waals surface area contributed by atoms with Crippen molar-refractivity contribution in [1.82, 2.24) is 0 Å². The molecule has 0 saturated carbocycles. The molecule has 1 N–H and O–H groups in total. The van der Waals surface area contributed by atoms with Crippen LogP contribution in [0.25, 0.3) is 0 Å². The highest BCUT2D eigenvalue weighted by Gasteiger charge is 2.34. The van der Waals surface area contributed by atoms with Crippen molar-refractivity contribution < 1.29 is 23.9 Å². The van der Waals surface area contributed by atoms with Crippen molar-refractivity contribution in [2.45, 2.75) is 38.8 Å². The fraction of sp³-hybridized carbons (Fsp3) is 0.588. The fourth-order valence-corrected chi connectivity index (χ4v) is 3.08. The summed E-state index contributed by atoms with van der Waals surface area (Å²) < 4.78 is 16.0. The van der Waals surface area contributed by atoms with Crippen molar-refractivity contribution in [1.29, 1.82) is 0 Å². The number of piperidine rings is 1. The molecule has 0 aromatic heterocycles. The fourth-order valence-electron chi connectivity index (χ4n) is 3.08. The van der Waals surface area contributed by atoms with E-state index in [-0.39, 0.29) is 12.0 Å². The summed E-state index contributed by atoms with van der Waals surface area (Å²) in [4.78, 5) is 13.4. The van der Waals surface area contributed by atoms with Crippen molar-refractivity contribution >= 4 is 5.97 Å². The zero-order chi connectivity index (χ0) is 15.9. The van der Waals surface area contributed by atoms with Gasteiger partial charge in [0, 0.05) is 6.42 Å². The number of benzene rings is 1. The third-order valence-corrected chi connectivity index (χ3v) is 4.21. The highest BCUT2D eigenvalue weighted by Crippen LogP contribution is 2.23. The SMILES string of the molecule is CCOC(=O)[C@@H]1CCCC[NH+]1Cc1cc(OC)ccc1OC. The van der Waals surface area contributed by atoms with E-state index >= 15 is 0 Å². The van der Waals surface area contributed by atoms with E-state index in [0.29, 0.717) is 6.61 Å². The zero-order valence-electron chi connectivity index (χ0n) is 13.7. The predicted octanol–water partition coefficient (Wildman–Crippen LogP) is 1.20. The molecule has 0 amide bonds. The van der Waals surface area contributed by atoms with Crippen LogP contribution in [0.4, 0.5) is 0 Å². The highest BCUT2D eigenvalue weighted by molar-refractivity contribution is 5.74. The van der Waals surface area contributed by atoms with Crippen LogP contribution in [-0.4, -0.2) is 39.4 Å². The molecule has 5 nitrogen and oxygen atoms in total. The van der Waals surface area contributed by atoms with Crippen LogP contribution in [0.15, 0.2) is 18.2 Å². The van der Waals surface area contributed by atoms with Crippen molar-refractivity contribution in [3.8, 4) is 11.5 Å². The van der Waals surface area contributed by atoms with E-state index in [1.807, 2.05) is 25.1 Å². The topological polar surface area (TPSA) is 49.2 Å². The van der Waals surface area contributed by atoms with Gasteiger partial charge in [-0.15, -0.1) is 0 Å². The molecular weight excluding hydrogens is 282 g/mol. The lowest BCUT2D eigenvalue weighted by atomic mass is 10.0. The van der Waals surface area contributed by atoms with Gasteiger partial charge in [0.05, 0.1) is 32.9 Å². The number of carbonyl (C=O) groups is 1. The van der Waals surface area contributed by atoms with Gasteiger partial charge in [0.2, 0.25) is 0 Å². The lowest BCUT2D eigenvalue weighted by Gasteiger charge is -2.31. The second-order valence-electron chi connectivity index (χ2n) is 5.56. The molecule has 1 saturated heterocycles. The van der Waals surface area contributed by atoms with Crippen molar-refractivity contribution in [2.75, 3.05) is 27.4 Å². The second kappa shape index (κ2) is 8.03. The van der Waals surface area contributed by atoms with Crippen LogP contribution in [0.5, 0.6) is 11.5 Å². The van der Waals surface area contributed by atoms with Gasteiger partial charge in [0.15, 0.2) is 6.04 Å². The maximum Gasteiger partial charge on any atom is 0.364 e. The summed E-state index contributed by atoms with van der Waals surface area (Å²) in [5, 5.41) is 0. The molecule has 5 heteroatoms. The Labute approximate surface area is 132 Å². The number of quaternary nitrogens is 1. The summed E-state index contributed by atoms with van der Waals surface area (Å²) in [6.07, 6.45) is 3.11. The van der Waals surface area contributed by atoms with E-state index in [1.54, 1.807) is 14.2 Å². The van der Waals surface area contributed by atoms with Crippen LogP contribution in [0.2, 0.25) is 0 Å². The summed E-state index contributed by atoms with van der Waals surface area (Å²) >= 11 is 0. The van der Waals surface area contributed by atoms with Gasteiger partial charge in [-0.25, -0.2) is 4.79 Å². The summed E-state index contributed by atoms with van der Waals surface area (Å²) in [7, 11) is 3.32. The molecule has 2 rings (SSSR count). The molecule has 1 fully saturated rings. The summed E-state index contributed by atoms with van der Waals surface area (Å²) in [6.45, 7) is 4.00. The van der Waals surface area contributed by atoms with Gasteiger partial charge >= 0.3 is 5.97 Å². The number of esters is 1. The monoisotopic (exact) mass is 308 g/mol. The van der Waals surface area contributed by atoms with Crippen LogP contribution < -0.4 is 14.4 Å². The Hall–Kier alpha value is -1.75. The van der Waals surface area contributed by atoms with E-state index in [1.165, 1.54) is 4.90 Å². The third kappa shape index (κ3) is 3.91. The molecule has 1 aliphatic heterocycles. The Balaban J connectivity index is 2.17. The first-order chi connectivity index (χ1) is 10.7. The lowest BCUT2D eigenvalue weighted by molar-refractivity contribution is -0.935. The molecule has 1 aliphatic rings. The highest BCUT2D eigenvalue weighted by atomic mass is 16.5. The quantitative estimate of drug-likeness (QED) is 0.803. The third-order valence-electron chi connectivity index (χ3n) is 4.21. The Kier molecular flexibility index (Phi) is 6.07. The van der Waals surface area contributed by atoms with Gasteiger partial charge in [-0.3, -0.25) is 0 Å². The van der Waals surface area contributed by atoms with Gasteiger partial charge in [0.25, 0.3) is 0 Å². The number of methoxy groups -OCH3 is 2. The van der Waals surface area contributed by atoms with Gasteiger partial charge in [0.1, 0.15) is 18.0 Å². The Morgan fingerprint density at radius 3 is 2.77 bits per heavy atom. The summed E-state index contributed by atoms with van der Waals surface area (Å²) in [6, 6.07) is 5.71. The number of rotatable bonds is 6. The number of hydrogen-bond donors (Lipinski definition) is 1. The van der Waals surface area contributed by atoms with E-state index in [9.17, 15) is 4.79 Å². The van der Waals surface area contributed by atoms with Crippen LogP contribution in [-0.2, 0) is 16.1 Å². The molecule has 0 aliphatic carbocycles. The largest absolute Gasteiger partial charge is 0.497 e. The van der Waals surface area contributed by atoms with Gasteiger partial charge < -0.3 is 19.1 Å². The molecule has 1 aromatic rings. The van der Waals surface area contributed by atoms with Crippen LogP contribution >= 0.6 is 0 Å². The zero-order valence-corrected chi connectivity index (χ0v) is 13.7. The molecule has 1 unspecified atom stereocenters. The van der Waals surface area contributed by atoms with Crippen LogP contribution in [0.1, 0.15) is 31.7 Å². The summed E-state index contributed by atoms with van der Waals surface area (Å²) in [5.41, 5.74) is 1.06. The van der Waals surface area contributed by atoms with E-state index in [4.69, 9.17) is 14.2 Å². The number of ether oxygens (including phenoxy) is 3. The summed E-state index contributed by atoms with van der Waals surface area (Å²) in [5.74, 6) is 1.56. The first-order valence-corrected chi connectivity index (χ1v) is 7.91. The molecular formula is C17H26NO4+. The molecule has 2 atom stereocenters. The molecule has 22 heavy (non-hydrogen) atoms. The Morgan fingerprint density at radius 1 is 1.27 bits per heavy atom. The standard InChI is InChI=1S/C17H25NO4/c1-4-22-17(19)15-7-5-6-10-18(15)12-13-11-14(20-2)8-9-16(13)21-3/h8-9,11,15H,4-7,10,12H2,1-3H3/p+1/t15-/m0/s1. The average Bonchev–Trinajstić information content (AvgIpc) is 2.55. The molecule has 1 heterocycles. The first-order valence-electron chi connectivity index (χ1n) is 7.91. The second-order valence-corrected chi connectivity index (χ2v) is 5.56. The van der Waals surface area contributed by atoms with E-state index in [2.05, 4.69) is 0 Å². The number of nitrogens with one attached hydrogen (secondary N) is 1. The number of carbonyl (C=O) groups excluding carboxylic acids is 1. The normalized spacial score (nSPS) is 21.2. The van der Waals surface area contributed by atoms with E-state index < -0.39 is 0 Å². The smallest absolute Gasteiger partial charge is 0.364 e. The lowest BCUT2D eigenvalue weighted by Crippen LogP contribution is -3.16. The Bertz CT molecular complexity index is 503. The molecule has 1 aromatic carbocycles. The molecule has 0 bridgehead atoms.